The van der Waals surface area contributed by atoms with E-state index in [9.17, 15) is 14.9 Å². The van der Waals surface area contributed by atoms with E-state index in [2.05, 4.69) is 22.4 Å². The Balaban J connectivity index is 1.29. The van der Waals surface area contributed by atoms with Gasteiger partial charge in [-0.3, -0.25) is 9.36 Å². The zero-order chi connectivity index (χ0) is 26.7. The molecule has 2 bridgehead atoms. The molecule has 2 aliphatic carbocycles. The molecular formula is C29H32N6O3. The van der Waals surface area contributed by atoms with Gasteiger partial charge in [0.2, 0.25) is 5.95 Å². The number of nitriles is 1. The number of hydrogen-bond donors (Lipinski definition) is 1. The van der Waals surface area contributed by atoms with Crippen LogP contribution in [0.5, 0.6) is 0 Å². The third kappa shape index (κ3) is 4.28. The summed E-state index contributed by atoms with van der Waals surface area (Å²) >= 11 is 0. The molecule has 196 valence electrons. The van der Waals surface area contributed by atoms with Crippen LogP contribution in [0.4, 0.5) is 16.4 Å². The number of fused-ring (bicyclic) bond motifs is 4. The first kappa shape index (κ1) is 24.4. The monoisotopic (exact) mass is 512 g/mol. The zero-order valence-electron chi connectivity index (χ0n) is 22.1. The van der Waals surface area contributed by atoms with Gasteiger partial charge in [-0.1, -0.05) is 6.07 Å². The lowest BCUT2D eigenvalue weighted by atomic mass is 9.92. The highest BCUT2D eigenvalue weighted by atomic mass is 16.6. The van der Waals surface area contributed by atoms with Crippen LogP contribution in [0.1, 0.15) is 69.6 Å². The van der Waals surface area contributed by atoms with Crippen molar-refractivity contribution in [1.29, 1.82) is 5.26 Å². The van der Waals surface area contributed by atoms with Gasteiger partial charge in [0.05, 0.1) is 0 Å². The second-order valence-corrected chi connectivity index (χ2v) is 11.9. The van der Waals surface area contributed by atoms with E-state index >= 15 is 0 Å². The lowest BCUT2D eigenvalue weighted by molar-refractivity contribution is 0.0224. The SMILES string of the molecule is CC(C)(C)OC(=O)N1CCc2cc(Nc3ncc4cc(C#N)c(=O)n(C56CCC(CC5)C6)c4n3)ccc2C1. The number of aromatic nitrogens is 3. The van der Waals surface area contributed by atoms with Crippen molar-refractivity contribution in [3.63, 3.8) is 0 Å². The van der Waals surface area contributed by atoms with E-state index < -0.39 is 5.60 Å². The van der Waals surface area contributed by atoms with E-state index in [1.54, 1.807) is 21.7 Å². The van der Waals surface area contributed by atoms with Crippen molar-refractivity contribution in [3.05, 3.63) is 57.5 Å². The Kier molecular flexibility index (Phi) is 5.67. The molecular weight excluding hydrogens is 480 g/mol. The van der Waals surface area contributed by atoms with Gasteiger partial charge in [-0.15, -0.1) is 0 Å². The van der Waals surface area contributed by atoms with E-state index in [0.29, 0.717) is 36.0 Å². The molecule has 2 aromatic heterocycles. The molecule has 0 atom stereocenters. The number of carbonyl (C=O) groups excluding carboxylic acids is 1. The minimum Gasteiger partial charge on any atom is -0.444 e. The first-order valence-corrected chi connectivity index (χ1v) is 13.3. The summed E-state index contributed by atoms with van der Waals surface area (Å²) in [6, 6.07) is 9.71. The summed E-state index contributed by atoms with van der Waals surface area (Å²) in [6.45, 7) is 6.71. The van der Waals surface area contributed by atoms with Crippen molar-refractivity contribution in [2.24, 2.45) is 5.92 Å². The maximum atomic E-state index is 13.4. The molecule has 3 heterocycles. The number of carbonyl (C=O) groups is 1. The Bertz CT molecular complexity index is 1540. The van der Waals surface area contributed by atoms with Crippen LogP contribution in [0, 0.1) is 17.2 Å². The van der Waals surface area contributed by atoms with E-state index in [4.69, 9.17) is 9.72 Å². The van der Waals surface area contributed by atoms with Crippen LogP contribution in [0.2, 0.25) is 0 Å². The average molecular weight is 513 g/mol. The summed E-state index contributed by atoms with van der Waals surface area (Å²) in [6.07, 6.45) is 7.20. The summed E-state index contributed by atoms with van der Waals surface area (Å²) in [5.41, 5.74) is 2.77. The summed E-state index contributed by atoms with van der Waals surface area (Å²) in [5.74, 6) is 1.05. The van der Waals surface area contributed by atoms with Crippen molar-refractivity contribution >= 4 is 28.8 Å². The predicted octanol–water partition coefficient (Wildman–Crippen LogP) is 4.99. The Morgan fingerprint density at radius 1 is 1.21 bits per heavy atom. The average Bonchev–Trinajstić information content (AvgIpc) is 3.49. The number of hydrogen-bond acceptors (Lipinski definition) is 7. The fraction of sp³-hybridized carbons (Fsp3) is 0.483. The predicted molar refractivity (Wildman–Crippen MR) is 143 cm³/mol. The van der Waals surface area contributed by atoms with Gasteiger partial charge >= 0.3 is 6.09 Å². The van der Waals surface area contributed by atoms with Crippen molar-refractivity contribution in [1.82, 2.24) is 19.4 Å². The zero-order valence-corrected chi connectivity index (χ0v) is 22.1. The number of ether oxygens (including phenoxy) is 1. The summed E-state index contributed by atoms with van der Waals surface area (Å²) in [4.78, 5) is 36.9. The quantitative estimate of drug-likeness (QED) is 0.526. The second kappa shape index (κ2) is 8.83. The number of pyridine rings is 1. The Morgan fingerprint density at radius 2 is 2.00 bits per heavy atom. The first-order valence-electron chi connectivity index (χ1n) is 13.3. The smallest absolute Gasteiger partial charge is 0.410 e. The lowest BCUT2D eigenvalue weighted by Gasteiger charge is -2.31. The van der Waals surface area contributed by atoms with Crippen molar-refractivity contribution in [2.45, 2.75) is 77.0 Å². The van der Waals surface area contributed by atoms with Gasteiger partial charge in [0, 0.05) is 35.9 Å². The van der Waals surface area contributed by atoms with Crippen LogP contribution in [0.25, 0.3) is 11.0 Å². The van der Waals surface area contributed by atoms with Gasteiger partial charge in [0.25, 0.3) is 5.56 Å². The second-order valence-electron chi connectivity index (χ2n) is 11.9. The van der Waals surface area contributed by atoms with Gasteiger partial charge in [-0.25, -0.2) is 9.78 Å². The van der Waals surface area contributed by atoms with Crippen molar-refractivity contribution in [3.8, 4) is 6.07 Å². The summed E-state index contributed by atoms with van der Waals surface area (Å²) < 4.78 is 7.34. The summed E-state index contributed by atoms with van der Waals surface area (Å²) in [7, 11) is 0. The molecule has 9 nitrogen and oxygen atoms in total. The number of rotatable bonds is 3. The molecule has 3 aliphatic rings. The van der Waals surface area contributed by atoms with Crippen LogP contribution < -0.4 is 10.9 Å². The molecule has 0 spiro atoms. The third-order valence-electron chi connectivity index (χ3n) is 8.17. The van der Waals surface area contributed by atoms with Crippen molar-refractivity contribution < 1.29 is 9.53 Å². The molecule has 6 rings (SSSR count). The van der Waals surface area contributed by atoms with Crippen LogP contribution in [0.3, 0.4) is 0 Å². The van der Waals surface area contributed by atoms with Crippen LogP contribution in [0.15, 0.2) is 35.3 Å². The van der Waals surface area contributed by atoms with Gasteiger partial charge in [-0.05, 0) is 94.5 Å². The maximum absolute atomic E-state index is 13.4. The van der Waals surface area contributed by atoms with Gasteiger partial charge in [0.1, 0.15) is 22.9 Å². The van der Waals surface area contributed by atoms with Crippen molar-refractivity contribution in [2.75, 3.05) is 11.9 Å². The largest absolute Gasteiger partial charge is 0.444 e. The maximum Gasteiger partial charge on any atom is 0.410 e. The normalized spacial score (nSPS) is 22.3. The molecule has 1 N–H and O–H groups in total. The van der Waals surface area contributed by atoms with Gasteiger partial charge in [0.15, 0.2) is 0 Å². The Hall–Kier alpha value is -3.93. The Morgan fingerprint density at radius 3 is 2.68 bits per heavy atom. The topological polar surface area (TPSA) is 113 Å². The molecule has 1 amide bonds. The highest BCUT2D eigenvalue weighted by Crippen LogP contribution is 2.52. The van der Waals surface area contributed by atoms with Crippen LogP contribution in [-0.4, -0.2) is 37.7 Å². The molecule has 3 aromatic rings. The van der Waals surface area contributed by atoms with E-state index in [0.717, 1.165) is 55.3 Å². The van der Waals surface area contributed by atoms with E-state index in [-0.39, 0.29) is 22.8 Å². The minimum atomic E-state index is -0.525. The number of amides is 1. The fourth-order valence-corrected chi connectivity index (χ4v) is 6.39. The number of nitrogens with one attached hydrogen (secondary N) is 1. The molecule has 0 radical (unpaired) electrons. The summed E-state index contributed by atoms with van der Waals surface area (Å²) in [5, 5.41) is 13.6. The molecule has 9 heteroatoms. The third-order valence-corrected chi connectivity index (χ3v) is 8.17. The molecule has 1 aliphatic heterocycles. The van der Waals surface area contributed by atoms with Crippen LogP contribution in [-0.2, 0) is 23.2 Å². The van der Waals surface area contributed by atoms with Gasteiger partial charge in [-0.2, -0.15) is 10.2 Å². The van der Waals surface area contributed by atoms with E-state index in [1.165, 1.54) is 0 Å². The van der Waals surface area contributed by atoms with E-state index in [1.807, 2.05) is 32.9 Å². The minimum absolute atomic E-state index is 0.140. The standard InChI is InChI=1S/C29H32N6O3/c1-28(2,3)38-27(37)34-11-8-19-13-23(5-4-20(19)17-34)32-26-31-16-22-12-21(15-30)25(36)35(24(22)33-26)29-9-6-18(14-29)7-10-29/h4-5,12-13,16,18H,6-11,14,17H2,1-3H3,(H,31,32,33). The fourth-order valence-electron chi connectivity index (χ4n) is 6.39. The Labute approximate surface area is 221 Å². The van der Waals surface area contributed by atoms with Crippen LogP contribution >= 0.6 is 0 Å². The highest BCUT2D eigenvalue weighted by molar-refractivity contribution is 5.78. The molecule has 0 unspecified atom stereocenters. The highest BCUT2D eigenvalue weighted by Gasteiger charge is 2.47. The molecule has 38 heavy (non-hydrogen) atoms. The molecule has 2 fully saturated rings. The number of benzene rings is 1. The number of anilines is 2. The molecule has 1 aromatic carbocycles. The molecule has 2 saturated carbocycles. The lowest BCUT2D eigenvalue weighted by Crippen LogP contribution is -2.39. The van der Waals surface area contributed by atoms with Gasteiger partial charge < -0.3 is 15.0 Å². The first-order chi connectivity index (χ1) is 18.1. The number of nitrogens with zero attached hydrogens (tertiary/aromatic N) is 5. The molecule has 0 saturated heterocycles.